The van der Waals surface area contributed by atoms with Crippen LogP contribution in [0, 0.1) is 6.92 Å². The first-order chi connectivity index (χ1) is 9.61. The predicted octanol–water partition coefficient (Wildman–Crippen LogP) is 2.73. The highest BCUT2D eigenvalue weighted by molar-refractivity contribution is 5.99. The molecular weight excluding hydrogens is 248 g/mol. The summed E-state index contributed by atoms with van der Waals surface area (Å²) in [4.78, 5) is 12.6. The van der Waals surface area contributed by atoms with Crippen LogP contribution >= 0.6 is 0 Å². The summed E-state index contributed by atoms with van der Waals surface area (Å²) in [5, 5.41) is 2.97. The van der Waals surface area contributed by atoms with Crippen molar-refractivity contribution in [1.29, 1.82) is 0 Å². The lowest BCUT2D eigenvalue weighted by atomic mass is 9.92. The normalized spacial score (nSPS) is 20.5. The lowest BCUT2D eigenvalue weighted by Gasteiger charge is -2.24. The largest absolute Gasteiger partial charge is 0.324 e. The zero-order chi connectivity index (χ0) is 14.2. The van der Waals surface area contributed by atoms with E-state index in [1.165, 1.54) is 5.56 Å². The molecule has 3 rings (SSSR count). The third-order valence-corrected chi connectivity index (χ3v) is 4.09. The molecule has 3 heteroatoms. The molecule has 0 radical (unpaired) electrons. The molecule has 0 spiro atoms. The van der Waals surface area contributed by atoms with Crippen molar-refractivity contribution < 1.29 is 4.79 Å². The lowest BCUT2D eigenvalue weighted by molar-refractivity contribution is -0.121. The fraction of sp³-hybridized carbons (Fsp3) is 0.235. The number of nitrogens with two attached hydrogens (primary N) is 1. The first-order valence-corrected chi connectivity index (χ1v) is 6.85. The number of anilines is 1. The molecule has 102 valence electrons. The summed E-state index contributed by atoms with van der Waals surface area (Å²) in [7, 11) is 0. The topological polar surface area (TPSA) is 55.1 Å². The second-order valence-electron chi connectivity index (χ2n) is 5.40. The number of aryl methyl sites for hydroxylation is 2. The van der Waals surface area contributed by atoms with Gasteiger partial charge in [0.15, 0.2) is 0 Å². The average molecular weight is 266 g/mol. The van der Waals surface area contributed by atoms with Gasteiger partial charge in [-0.25, -0.2) is 0 Å². The number of nitrogens with one attached hydrogen (secondary N) is 1. The first kappa shape index (κ1) is 12.9. The molecule has 1 aliphatic rings. The fourth-order valence-electron chi connectivity index (χ4n) is 2.82. The van der Waals surface area contributed by atoms with Crippen molar-refractivity contribution >= 4 is 11.6 Å². The van der Waals surface area contributed by atoms with Crippen molar-refractivity contribution in [1.82, 2.24) is 0 Å². The Balaban J connectivity index is 1.90. The molecule has 0 saturated carbocycles. The van der Waals surface area contributed by atoms with Crippen LogP contribution in [0.2, 0.25) is 0 Å². The maximum absolute atomic E-state index is 12.6. The van der Waals surface area contributed by atoms with Gasteiger partial charge in [-0.15, -0.1) is 0 Å². The van der Waals surface area contributed by atoms with Crippen LogP contribution in [0.5, 0.6) is 0 Å². The van der Waals surface area contributed by atoms with Crippen LogP contribution in [-0.2, 0) is 16.8 Å². The van der Waals surface area contributed by atoms with Gasteiger partial charge in [-0.3, -0.25) is 4.79 Å². The highest BCUT2D eigenvalue weighted by atomic mass is 16.2. The van der Waals surface area contributed by atoms with Gasteiger partial charge >= 0.3 is 0 Å². The van der Waals surface area contributed by atoms with E-state index in [2.05, 4.69) is 5.32 Å². The van der Waals surface area contributed by atoms with Gasteiger partial charge in [0.05, 0.1) is 0 Å². The zero-order valence-corrected chi connectivity index (χ0v) is 11.5. The molecule has 1 aliphatic carbocycles. The number of carbonyl (C=O) groups excluding carboxylic acids is 1. The minimum atomic E-state index is -0.918. The van der Waals surface area contributed by atoms with Gasteiger partial charge in [-0.2, -0.15) is 0 Å². The minimum Gasteiger partial charge on any atom is -0.324 e. The molecule has 1 amide bonds. The molecule has 0 aromatic heterocycles. The van der Waals surface area contributed by atoms with E-state index >= 15 is 0 Å². The monoisotopic (exact) mass is 266 g/mol. The Morgan fingerprint density at radius 1 is 1.15 bits per heavy atom. The average Bonchev–Trinajstić information content (AvgIpc) is 2.81. The Hall–Kier alpha value is -2.13. The van der Waals surface area contributed by atoms with Crippen molar-refractivity contribution in [2.24, 2.45) is 5.73 Å². The Kier molecular flexibility index (Phi) is 3.07. The van der Waals surface area contributed by atoms with Crippen molar-refractivity contribution in [2.75, 3.05) is 5.32 Å². The van der Waals surface area contributed by atoms with E-state index in [1.807, 2.05) is 55.5 Å². The number of hydrogen-bond donors (Lipinski definition) is 2. The smallest absolute Gasteiger partial charge is 0.249 e. The maximum Gasteiger partial charge on any atom is 0.249 e. The number of amides is 1. The van der Waals surface area contributed by atoms with Gasteiger partial charge in [-0.1, -0.05) is 42.5 Å². The molecule has 3 nitrogen and oxygen atoms in total. The van der Waals surface area contributed by atoms with Crippen LogP contribution in [0.3, 0.4) is 0 Å². The number of para-hydroxylation sites is 1. The minimum absolute atomic E-state index is 0.128. The molecule has 2 aromatic carbocycles. The van der Waals surface area contributed by atoms with E-state index in [0.717, 1.165) is 23.2 Å². The fourth-order valence-corrected chi connectivity index (χ4v) is 2.82. The van der Waals surface area contributed by atoms with Crippen molar-refractivity contribution in [3.63, 3.8) is 0 Å². The molecular formula is C17H18N2O. The van der Waals surface area contributed by atoms with Gasteiger partial charge in [-0.05, 0) is 42.5 Å². The van der Waals surface area contributed by atoms with Crippen LogP contribution < -0.4 is 11.1 Å². The standard InChI is InChI=1S/C17H18N2O/c1-12-6-2-5-9-15(12)19-16(20)17(18)11-10-13-7-3-4-8-14(13)17/h2-9H,10-11,18H2,1H3,(H,19,20). The maximum atomic E-state index is 12.6. The van der Waals surface area contributed by atoms with E-state index in [-0.39, 0.29) is 5.91 Å². The van der Waals surface area contributed by atoms with Crippen molar-refractivity contribution in [2.45, 2.75) is 25.3 Å². The third-order valence-electron chi connectivity index (χ3n) is 4.09. The Labute approximate surface area is 118 Å². The Morgan fingerprint density at radius 2 is 1.85 bits per heavy atom. The van der Waals surface area contributed by atoms with Crippen LogP contribution in [0.15, 0.2) is 48.5 Å². The van der Waals surface area contributed by atoms with Gasteiger partial charge in [0.25, 0.3) is 0 Å². The lowest BCUT2D eigenvalue weighted by Crippen LogP contribution is -2.46. The van der Waals surface area contributed by atoms with E-state index in [1.54, 1.807) is 0 Å². The molecule has 3 N–H and O–H groups in total. The number of carbonyl (C=O) groups is 1. The van der Waals surface area contributed by atoms with Crippen LogP contribution in [0.4, 0.5) is 5.69 Å². The molecule has 0 fully saturated rings. The summed E-state index contributed by atoms with van der Waals surface area (Å²) in [5.74, 6) is -0.128. The first-order valence-electron chi connectivity index (χ1n) is 6.85. The van der Waals surface area contributed by atoms with Crippen molar-refractivity contribution in [3.05, 3.63) is 65.2 Å². The number of benzene rings is 2. The molecule has 0 saturated heterocycles. The van der Waals surface area contributed by atoms with E-state index in [0.29, 0.717) is 6.42 Å². The summed E-state index contributed by atoms with van der Waals surface area (Å²) >= 11 is 0. The molecule has 0 bridgehead atoms. The van der Waals surface area contributed by atoms with Gasteiger partial charge < -0.3 is 11.1 Å². The Bertz CT molecular complexity index is 666. The zero-order valence-electron chi connectivity index (χ0n) is 11.5. The molecule has 1 unspecified atom stereocenters. The van der Waals surface area contributed by atoms with Crippen LogP contribution in [-0.4, -0.2) is 5.91 Å². The Morgan fingerprint density at radius 3 is 2.65 bits per heavy atom. The second kappa shape index (κ2) is 4.76. The van der Waals surface area contributed by atoms with Crippen LogP contribution in [0.25, 0.3) is 0 Å². The van der Waals surface area contributed by atoms with E-state index in [4.69, 9.17) is 5.73 Å². The van der Waals surface area contributed by atoms with Gasteiger partial charge in [0.1, 0.15) is 5.54 Å². The molecule has 20 heavy (non-hydrogen) atoms. The second-order valence-corrected chi connectivity index (χ2v) is 5.40. The highest BCUT2D eigenvalue weighted by Gasteiger charge is 2.41. The summed E-state index contributed by atoms with van der Waals surface area (Å²) in [6.45, 7) is 1.97. The van der Waals surface area contributed by atoms with Gasteiger partial charge in [0.2, 0.25) is 5.91 Å². The summed E-state index contributed by atoms with van der Waals surface area (Å²) in [6, 6.07) is 15.7. The number of hydrogen-bond acceptors (Lipinski definition) is 2. The number of fused-ring (bicyclic) bond motifs is 1. The highest BCUT2D eigenvalue weighted by Crippen LogP contribution is 2.35. The predicted molar refractivity (Wildman–Crippen MR) is 80.4 cm³/mol. The summed E-state index contributed by atoms with van der Waals surface area (Å²) in [6.07, 6.45) is 1.51. The van der Waals surface area contributed by atoms with E-state index in [9.17, 15) is 4.79 Å². The summed E-state index contributed by atoms with van der Waals surface area (Å²) < 4.78 is 0. The quantitative estimate of drug-likeness (QED) is 0.878. The molecule has 2 aromatic rings. The van der Waals surface area contributed by atoms with Gasteiger partial charge in [0, 0.05) is 5.69 Å². The van der Waals surface area contributed by atoms with Crippen molar-refractivity contribution in [3.8, 4) is 0 Å². The SMILES string of the molecule is Cc1ccccc1NC(=O)C1(N)CCc2ccccc21. The molecule has 1 atom stereocenters. The molecule has 0 aliphatic heterocycles. The third kappa shape index (κ3) is 2.00. The van der Waals surface area contributed by atoms with Crippen LogP contribution in [0.1, 0.15) is 23.1 Å². The molecule has 0 heterocycles. The summed E-state index contributed by atoms with van der Waals surface area (Å²) in [5.41, 5.74) is 9.47. The number of rotatable bonds is 2. The van der Waals surface area contributed by atoms with E-state index < -0.39 is 5.54 Å².